The first-order chi connectivity index (χ1) is 49.9. The Morgan fingerprint density at radius 1 is 0.330 bits per heavy atom. The Kier molecular flexibility index (Phi) is 44.3. The van der Waals surface area contributed by atoms with Crippen LogP contribution in [-0.2, 0) is 51.7 Å². The Hall–Kier alpha value is -8.28. The van der Waals surface area contributed by atoms with Crippen LogP contribution in [0.5, 0.6) is 0 Å². The van der Waals surface area contributed by atoms with Crippen LogP contribution < -0.4 is 0 Å². The quantitative estimate of drug-likeness (QED) is 0.0532. The zero-order valence-corrected chi connectivity index (χ0v) is 70.6. The molecule has 0 aliphatic heterocycles. The number of pyridine rings is 8. The van der Waals surface area contributed by atoms with Crippen molar-refractivity contribution >= 4 is 22.8 Å². The maximum Gasteiger partial charge on any atom is 0.0886 e. The second-order valence-electron chi connectivity index (χ2n) is 27.6. The van der Waals surface area contributed by atoms with E-state index < -0.39 is 0 Å². The molecule has 10 aromatic rings. The zero-order chi connectivity index (χ0) is 75.8. The van der Waals surface area contributed by atoms with Gasteiger partial charge in [-0.05, 0) is 208 Å². The number of rotatable bonds is 24. The number of allylic oxidation sites excluding steroid dienone is 4. The standard InChI is InChI=1S/2C25H42N3.4C10H8N2.2Sc/c2*1-17(2)23-12-11-13-24(18(3)4)25(23)27-22(10)16-21(9)26-14-15-28(19(5)6)20(7)8;4*1-3-7-11-9(5-1)10-6-2-4-8-12-10;;/h2*11-13,16-20H,14-15H2,1-10H3;4*1-8H;;/q2*-1;;;;;;/b22-16-,26-21?;21-16-,27-22?;;;;;;. The Balaban J connectivity index is 0.000000343. The molecule has 106 heavy (non-hydrogen) atoms. The number of aliphatic imine (C=N–C) groups is 2. The van der Waals surface area contributed by atoms with Crippen LogP contribution in [0.1, 0.15) is 184 Å². The fourth-order valence-electron chi connectivity index (χ4n) is 11.4. The molecular weight excluding hydrogens is 1370 g/mol. The van der Waals surface area contributed by atoms with E-state index in [1.807, 2.05) is 146 Å². The topological polar surface area (TPSA) is 163 Å². The molecule has 554 valence electrons. The minimum absolute atomic E-state index is 0. The SMILES string of the molecule is CC(/C=C(/C)[N-]CCN(C(C)C)C(C)C)=Nc1c(C(C)C)cccc1C(C)C.CC(/C=C(/C)[N-]c1c(C(C)C)cccc1C(C)C)=NCCN(C(C)C)C(C)C.[Sc].[Sc].c1ccc(-c2ccccn2)nc1.c1ccc(-c2ccccn2)nc1.c1ccc(-c2ccccn2)nc1.c1ccc(-c2ccccn2)nc1. The van der Waals surface area contributed by atoms with Gasteiger partial charge in [0.1, 0.15) is 0 Å². The third-order valence-electron chi connectivity index (χ3n) is 16.6. The fourth-order valence-corrected chi connectivity index (χ4v) is 11.4. The Bertz CT molecular complexity index is 3560. The second-order valence-corrected chi connectivity index (χ2v) is 27.6. The van der Waals surface area contributed by atoms with E-state index in [1.54, 1.807) is 49.6 Å². The van der Waals surface area contributed by atoms with E-state index in [4.69, 9.17) is 20.6 Å². The van der Waals surface area contributed by atoms with Gasteiger partial charge in [0.25, 0.3) is 0 Å². The molecule has 2 radical (unpaired) electrons. The third-order valence-corrected chi connectivity index (χ3v) is 16.6. The normalized spacial score (nSPS) is 11.5. The van der Waals surface area contributed by atoms with E-state index in [2.05, 4.69) is 237 Å². The zero-order valence-electron chi connectivity index (χ0n) is 67.0. The summed E-state index contributed by atoms with van der Waals surface area (Å²) in [5.74, 6) is 1.83. The first-order valence-electron chi connectivity index (χ1n) is 36.8. The third kappa shape index (κ3) is 33.7. The van der Waals surface area contributed by atoms with Crippen LogP contribution >= 0.6 is 0 Å². The van der Waals surface area contributed by atoms with E-state index >= 15 is 0 Å². The molecule has 0 fully saturated rings. The van der Waals surface area contributed by atoms with Crippen molar-refractivity contribution in [2.75, 3.05) is 26.2 Å². The molecule has 8 aromatic heterocycles. The van der Waals surface area contributed by atoms with Crippen molar-refractivity contribution in [1.29, 1.82) is 0 Å². The van der Waals surface area contributed by atoms with Crippen LogP contribution in [0.25, 0.3) is 56.2 Å². The predicted octanol–water partition coefficient (Wildman–Crippen LogP) is 23.4. The Labute approximate surface area is 674 Å². The van der Waals surface area contributed by atoms with Gasteiger partial charge in [-0.15, -0.1) is 12.2 Å². The summed E-state index contributed by atoms with van der Waals surface area (Å²) >= 11 is 0. The number of nitrogens with zero attached hydrogens (tertiary/aromatic N) is 14. The monoisotopic (exact) mass is 1480 g/mol. The van der Waals surface area contributed by atoms with Crippen LogP contribution in [-0.4, -0.2) is 111 Å². The van der Waals surface area contributed by atoms with Gasteiger partial charge >= 0.3 is 0 Å². The van der Waals surface area contributed by atoms with Crippen LogP contribution in [0.2, 0.25) is 0 Å². The molecule has 10 rings (SSSR count). The van der Waals surface area contributed by atoms with Crippen molar-refractivity contribution in [2.24, 2.45) is 9.98 Å². The van der Waals surface area contributed by atoms with E-state index in [0.29, 0.717) is 47.8 Å². The minimum atomic E-state index is 0. The van der Waals surface area contributed by atoms with E-state index in [0.717, 1.165) is 106 Å². The van der Waals surface area contributed by atoms with Gasteiger partial charge in [0, 0.05) is 143 Å². The van der Waals surface area contributed by atoms with E-state index in [-0.39, 0.29) is 51.7 Å². The largest absolute Gasteiger partial charge is 0.687 e. The second kappa shape index (κ2) is 51.1. The number of hydrogen-bond acceptors (Lipinski definition) is 12. The summed E-state index contributed by atoms with van der Waals surface area (Å²) in [5.41, 5.74) is 19.0. The van der Waals surface area contributed by atoms with Gasteiger partial charge in [-0.25, -0.2) is 0 Å². The number of benzene rings is 2. The van der Waals surface area contributed by atoms with Gasteiger partial charge in [-0.1, -0.05) is 177 Å². The molecule has 0 spiro atoms. The van der Waals surface area contributed by atoms with Gasteiger partial charge < -0.3 is 15.5 Å². The molecule has 0 atom stereocenters. The van der Waals surface area contributed by atoms with Crippen molar-refractivity contribution in [3.63, 3.8) is 0 Å². The summed E-state index contributed by atoms with van der Waals surface area (Å²) in [4.78, 5) is 48.2. The Morgan fingerprint density at radius 3 is 0.849 bits per heavy atom. The van der Waals surface area contributed by atoms with Crippen LogP contribution in [0.15, 0.2) is 265 Å². The molecule has 8 heterocycles. The fraction of sp³-hybridized carbons (Fsp3) is 0.356. The van der Waals surface area contributed by atoms with Gasteiger partial charge in [-0.2, -0.15) is 11.4 Å². The smallest absolute Gasteiger partial charge is 0.0886 e. The summed E-state index contributed by atoms with van der Waals surface area (Å²) < 4.78 is 0. The van der Waals surface area contributed by atoms with Crippen LogP contribution in [0.4, 0.5) is 11.4 Å². The molecule has 16 heteroatoms. The van der Waals surface area contributed by atoms with E-state index in [1.165, 1.54) is 22.3 Å². The van der Waals surface area contributed by atoms with Crippen molar-refractivity contribution in [1.82, 2.24) is 49.7 Å². The first kappa shape index (κ1) is 91.9. The van der Waals surface area contributed by atoms with Gasteiger partial charge in [0.15, 0.2) is 0 Å². The van der Waals surface area contributed by atoms with Gasteiger partial charge in [-0.3, -0.25) is 54.8 Å². The molecule has 0 amide bonds. The average Bonchev–Trinajstić information content (AvgIpc) is 0.823. The molecule has 14 nitrogen and oxygen atoms in total. The average molecular weight is 1480 g/mol. The molecule has 0 N–H and O–H groups in total. The molecule has 0 saturated carbocycles. The summed E-state index contributed by atoms with van der Waals surface area (Å²) in [7, 11) is 0. The first-order valence-corrected chi connectivity index (χ1v) is 36.8. The molecule has 0 unspecified atom stereocenters. The molecule has 0 aliphatic rings. The number of aromatic nitrogens is 8. The predicted molar refractivity (Wildman–Crippen MR) is 443 cm³/mol. The number of para-hydroxylation sites is 2. The summed E-state index contributed by atoms with van der Waals surface area (Å²) in [6.45, 7) is 47.8. The maximum atomic E-state index is 5.01. The van der Waals surface area contributed by atoms with Crippen molar-refractivity contribution < 1.29 is 51.7 Å². The molecule has 2 aromatic carbocycles. The molecule has 0 bridgehead atoms. The summed E-state index contributed by atoms with van der Waals surface area (Å²) in [6, 6.07) is 61.7. The molecule has 0 aliphatic carbocycles. The summed E-state index contributed by atoms with van der Waals surface area (Å²) in [5, 5.41) is 9.77. The van der Waals surface area contributed by atoms with Crippen molar-refractivity contribution in [2.45, 2.75) is 186 Å². The van der Waals surface area contributed by atoms with Gasteiger partial charge in [0.05, 0.1) is 57.8 Å². The maximum absolute atomic E-state index is 5.01. The molecule has 0 saturated heterocycles. The van der Waals surface area contributed by atoms with Crippen molar-refractivity contribution in [3.8, 4) is 45.6 Å². The van der Waals surface area contributed by atoms with Crippen LogP contribution in [0.3, 0.4) is 0 Å². The number of hydrogen-bond donors (Lipinski definition) is 0. The van der Waals surface area contributed by atoms with E-state index in [9.17, 15) is 0 Å². The van der Waals surface area contributed by atoms with Gasteiger partial charge in [0.2, 0.25) is 0 Å². The van der Waals surface area contributed by atoms with Crippen molar-refractivity contribution in [3.05, 3.63) is 288 Å². The summed E-state index contributed by atoms with van der Waals surface area (Å²) in [6.07, 6.45) is 18.4. The minimum Gasteiger partial charge on any atom is -0.687 e. The Morgan fingerprint density at radius 2 is 0.594 bits per heavy atom. The molecular formula is C90H116N14Sc2-2. The van der Waals surface area contributed by atoms with Crippen LogP contribution in [0, 0.1) is 0 Å².